The molecule has 4 rings (SSSR count). The Morgan fingerprint density at radius 2 is 2.04 bits per heavy atom. The van der Waals surface area contributed by atoms with Crippen LogP contribution >= 0.6 is 0 Å². The smallest absolute Gasteiger partial charge is 0.253 e. The highest BCUT2D eigenvalue weighted by atomic mass is 16.1. The highest BCUT2D eigenvalue weighted by Crippen LogP contribution is 2.23. The Morgan fingerprint density at radius 1 is 1.17 bits per heavy atom. The van der Waals surface area contributed by atoms with Gasteiger partial charge < -0.3 is 15.6 Å². The quantitative estimate of drug-likeness (QED) is 0.689. The average molecular weight is 319 g/mol. The number of H-pyrrole nitrogens is 1. The van der Waals surface area contributed by atoms with E-state index in [2.05, 4.69) is 37.7 Å². The molecule has 1 amide bonds. The molecule has 0 bridgehead atoms. The third-order valence-electron chi connectivity index (χ3n) is 4.03. The lowest BCUT2D eigenvalue weighted by atomic mass is 10.1. The van der Waals surface area contributed by atoms with Gasteiger partial charge >= 0.3 is 0 Å². The van der Waals surface area contributed by atoms with Crippen molar-refractivity contribution in [3.05, 3.63) is 65.5 Å². The number of aromatic nitrogens is 3. The van der Waals surface area contributed by atoms with Crippen molar-refractivity contribution in [3.8, 4) is 11.4 Å². The Hall–Kier alpha value is -3.15. The molecule has 0 atom stereocenters. The summed E-state index contributed by atoms with van der Waals surface area (Å²) in [6.45, 7) is 1.33. The number of hydrogen-bond acceptors (Lipinski definition) is 4. The van der Waals surface area contributed by atoms with E-state index in [0.717, 1.165) is 23.5 Å². The molecular weight excluding hydrogens is 302 g/mol. The van der Waals surface area contributed by atoms with Gasteiger partial charge in [-0.15, -0.1) is 0 Å². The highest BCUT2D eigenvalue weighted by molar-refractivity contribution is 5.97. The molecule has 0 fully saturated rings. The molecule has 6 nitrogen and oxygen atoms in total. The molecule has 0 aliphatic carbocycles. The number of nitrogens with one attached hydrogen (secondary N) is 3. The fraction of sp³-hybridized carbons (Fsp3) is 0.167. The van der Waals surface area contributed by atoms with E-state index in [1.54, 1.807) is 6.20 Å². The van der Waals surface area contributed by atoms with E-state index >= 15 is 0 Å². The lowest BCUT2D eigenvalue weighted by Gasteiger charge is -2.10. The van der Waals surface area contributed by atoms with Gasteiger partial charge in [0.05, 0.1) is 17.0 Å². The fourth-order valence-corrected chi connectivity index (χ4v) is 2.80. The lowest BCUT2D eigenvalue weighted by Crippen LogP contribution is -2.31. The molecule has 0 unspecified atom stereocenters. The van der Waals surface area contributed by atoms with Gasteiger partial charge in [-0.2, -0.15) is 0 Å². The van der Waals surface area contributed by atoms with Crippen LogP contribution in [0.2, 0.25) is 0 Å². The summed E-state index contributed by atoms with van der Waals surface area (Å²) in [5.74, 6) is 0.531. The van der Waals surface area contributed by atoms with Crippen LogP contribution in [0.1, 0.15) is 21.6 Å². The number of anilines is 1. The zero-order chi connectivity index (χ0) is 16.4. The second-order valence-electron chi connectivity index (χ2n) is 5.69. The van der Waals surface area contributed by atoms with E-state index in [9.17, 15) is 4.79 Å². The molecule has 3 aromatic rings. The number of rotatable bonds is 4. The minimum atomic E-state index is -0.0322. The van der Waals surface area contributed by atoms with E-state index in [1.807, 2.05) is 30.3 Å². The van der Waals surface area contributed by atoms with E-state index in [4.69, 9.17) is 0 Å². The molecule has 0 saturated heterocycles. The third-order valence-corrected chi connectivity index (χ3v) is 4.03. The molecule has 0 spiro atoms. The SMILES string of the molecule is O=C1NCCc2[nH]c(-c3ccnc(NCc4ccccc4)n3)cc21. The summed E-state index contributed by atoms with van der Waals surface area (Å²) in [5, 5.41) is 6.08. The first-order valence-corrected chi connectivity index (χ1v) is 7.91. The zero-order valence-corrected chi connectivity index (χ0v) is 13.0. The van der Waals surface area contributed by atoms with E-state index in [-0.39, 0.29) is 5.91 Å². The fourth-order valence-electron chi connectivity index (χ4n) is 2.80. The predicted octanol–water partition coefficient (Wildman–Crippen LogP) is 2.37. The summed E-state index contributed by atoms with van der Waals surface area (Å²) in [4.78, 5) is 24.0. The number of carbonyl (C=O) groups is 1. The van der Waals surface area contributed by atoms with Crippen LogP contribution in [-0.4, -0.2) is 27.4 Å². The summed E-state index contributed by atoms with van der Waals surface area (Å²) in [7, 11) is 0. The van der Waals surface area contributed by atoms with Crippen molar-refractivity contribution in [2.75, 3.05) is 11.9 Å². The first-order valence-electron chi connectivity index (χ1n) is 7.91. The first-order chi connectivity index (χ1) is 11.8. The molecule has 24 heavy (non-hydrogen) atoms. The summed E-state index contributed by atoms with van der Waals surface area (Å²) < 4.78 is 0. The van der Waals surface area contributed by atoms with Gasteiger partial charge in [0.1, 0.15) is 0 Å². The number of benzene rings is 1. The molecule has 0 radical (unpaired) electrons. The maximum atomic E-state index is 11.9. The van der Waals surface area contributed by atoms with Crippen LogP contribution in [0.25, 0.3) is 11.4 Å². The van der Waals surface area contributed by atoms with Crippen LogP contribution in [-0.2, 0) is 13.0 Å². The Morgan fingerprint density at radius 3 is 2.88 bits per heavy atom. The molecule has 2 aromatic heterocycles. The summed E-state index contributed by atoms with van der Waals surface area (Å²) in [6.07, 6.45) is 2.53. The Kier molecular flexibility index (Phi) is 3.70. The van der Waals surface area contributed by atoms with Gasteiger partial charge in [-0.1, -0.05) is 30.3 Å². The minimum absolute atomic E-state index is 0.0322. The predicted molar refractivity (Wildman–Crippen MR) is 91.6 cm³/mol. The van der Waals surface area contributed by atoms with Gasteiger partial charge in [0.25, 0.3) is 5.91 Å². The summed E-state index contributed by atoms with van der Waals surface area (Å²) in [6, 6.07) is 13.8. The molecule has 1 aliphatic heterocycles. The van der Waals surface area contributed by atoms with Gasteiger partial charge in [-0.3, -0.25) is 4.79 Å². The second kappa shape index (κ2) is 6.16. The maximum Gasteiger partial charge on any atom is 0.253 e. The monoisotopic (exact) mass is 319 g/mol. The van der Waals surface area contributed by atoms with Crippen molar-refractivity contribution in [3.63, 3.8) is 0 Å². The van der Waals surface area contributed by atoms with Gasteiger partial charge in [-0.05, 0) is 17.7 Å². The zero-order valence-electron chi connectivity index (χ0n) is 13.0. The Labute approximate surface area is 139 Å². The van der Waals surface area contributed by atoms with Crippen LogP contribution < -0.4 is 10.6 Å². The Bertz CT molecular complexity index is 872. The molecule has 120 valence electrons. The molecular formula is C18H17N5O. The summed E-state index contributed by atoms with van der Waals surface area (Å²) >= 11 is 0. The van der Waals surface area contributed by atoms with Crippen molar-refractivity contribution in [2.24, 2.45) is 0 Å². The van der Waals surface area contributed by atoms with Crippen molar-refractivity contribution >= 4 is 11.9 Å². The third kappa shape index (κ3) is 2.86. The summed E-state index contributed by atoms with van der Waals surface area (Å²) in [5.41, 5.74) is 4.43. The van der Waals surface area contributed by atoms with Gasteiger partial charge in [0.15, 0.2) is 0 Å². The van der Waals surface area contributed by atoms with Crippen molar-refractivity contribution in [1.29, 1.82) is 0 Å². The van der Waals surface area contributed by atoms with Crippen LogP contribution in [0.15, 0.2) is 48.7 Å². The van der Waals surface area contributed by atoms with Crippen LogP contribution in [0.3, 0.4) is 0 Å². The van der Waals surface area contributed by atoms with Crippen LogP contribution in [0.4, 0.5) is 5.95 Å². The Balaban J connectivity index is 1.55. The van der Waals surface area contributed by atoms with E-state index in [1.165, 1.54) is 5.56 Å². The molecule has 1 aromatic carbocycles. The van der Waals surface area contributed by atoms with Crippen LogP contribution in [0.5, 0.6) is 0 Å². The molecule has 1 aliphatic rings. The maximum absolute atomic E-state index is 11.9. The van der Waals surface area contributed by atoms with E-state index < -0.39 is 0 Å². The largest absolute Gasteiger partial charge is 0.356 e. The first kappa shape index (κ1) is 14.4. The topological polar surface area (TPSA) is 82.7 Å². The standard InChI is InChI=1S/C18H17N5O/c24-17-13-10-16(22-14(13)6-8-19-17)15-7-9-20-18(23-15)21-11-12-4-2-1-3-5-12/h1-5,7,9-10,22H,6,8,11H2,(H,19,24)(H,20,21,23). The van der Waals surface area contributed by atoms with Gasteiger partial charge in [0, 0.05) is 31.4 Å². The van der Waals surface area contributed by atoms with Crippen molar-refractivity contribution in [1.82, 2.24) is 20.3 Å². The lowest BCUT2D eigenvalue weighted by molar-refractivity contribution is 0.0946. The average Bonchev–Trinajstić information content (AvgIpc) is 3.07. The van der Waals surface area contributed by atoms with Crippen molar-refractivity contribution < 1.29 is 4.79 Å². The van der Waals surface area contributed by atoms with Gasteiger partial charge in [-0.25, -0.2) is 9.97 Å². The highest BCUT2D eigenvalue weighted by Gasteiger charge is 2.20. The number of nitrogens with zero attached hydrogens (tertiary/aromatic N) is 2. The van der Waals surface area contributed by atoms with Crippen molar-refractivity contribution in [2.45, 2.75) is 13.0 Å². The normalized spacial score (nSPS) is 13.2. The molecule has 6 heteroatoms. The number of aromatic amines is 1. The van der Waals surface area contributed by atoms with E-state index in [0.29, 0.717) is 24.6 Å². The minimum Gasteiger partial charge on any atom is -0.356 e. The van der Waals surface area contributed by atoms with Gasteiger partial charge in [0.2, 0.25) is 5.95 Å². The second-order valence-corrected chi connectivity index (χ2v) is 5.69. The number of fused-ring (bicyclic) bond motifs is 1. The number of amides is 1. The van der Waals surface area contributed by atoms with Crippen LogP contribution in [0, 0.1) is 0 Å². The molecule has 3 heterocycles. The molecule has 3 N–H and O–H groups in total. The molecule has 0 saturated carbocycles. The number of hydrogen-bond donors (Lipinski definition) is 3. The number of carbonyl (C=O) groups excluding carboxylic acids is 1.